The van der Waals surface area contributed by atoms with Crippen LogP contribution in [0.2, 0.25) is 0 Å². The van der Waals surface area contributed by atoms with Gasteiger partial charge in [-0.2, -0.15) is 38.5 Å². The van der Waals surface area contributed by atoms with Gasteiger partial charge in [0.15, 0.2) is 11.6 Å². The summed E-state index contributed by atoms with van der Waals surface area (Å²) in [6.07, 6.45) is 3.35. The molecule has 0 saturated heterocycles. The summed E-state index contributed by atoms with van der Waals surface area (Å²) in [5.41, 5.74) is 9.15. The number of benzene rings is 3. The van der Waals surface area contributed by atoms with E-state index in [1.165, 1.54) is 52.5 Å². The zero-order chi connectivity index (χ0) is 59.3. The van der Waals surface area contributed by atoms with Crippen LogP contribution in [0.3, 0.4) is 0 Å². The van der Waals surface area contributed by atoms with Gasteiger partial charge in [0.1, 0.15) is 45.9 Å². The number of hydrogen-bond acceptors (Lipinski definition) is 18. The van der Waals surface area contributed by atoms with Crippen molar-refractivity contribution in [2.45, 2.75) is 38.5 Å². The number of allylic oxidation sites excluding steroid dienone is 6. The van der Waals surface area contributed by atoms with E-state index < -0.39 is 22.4 Å². The lowest BCUT2D eigenvalue weighted by atomic mass is 9.83. The van der Waals surface area contributed by atoms with Crippen LogP contribution in [0.25, 0.3) is 99.0 Å². The van der Waals surface area contributed by atoms with Crippen LogP contribution >= 0.6 is 68.4 Å². The highest BCUT2D eigenvalue weighted by Crippen LogP contribution is 2.64. The molecule has 5 aliphatic rings. The maximum atomic E-state index is 14.1. The van der Waals surface area contributed by atoms with E-state index in [2.05, 4.69) is 60.4 Å². The zero-order valence-electron chi connectivity index (χ0n) is 44.3. The minimum absolute atomic E-state index is 0.0163. The van der Waals surface area contributed by atoms with Crippen molar-refractivity contribution in [1.29, 1.82) is 26.3 Å². The molecule has 0 spiro atoms. The molecule has 0 amide bonds. The first kappa shape index (κ1) is 52.9. The predicted octanol–water partition coefficient (Wildman–Crippen LogP) is 17.7. The van der Waals surface area contributed by atoms with Gasteiger partial charge < -0.3 is 4.74 Å². The number of nitriles is 5. The molecule has 0 bridgehead atoms. The summed E-state index contributed by atoms with van der Waals surface area (Å²) >= 11 is 10.1. The van der Waals surface area contributed by atoms with Crippen molar-refractivity contribution in [1.82, 2.24) is 8.75 Å². The smallest absolute Gasteiger partial charge is 0.270 e. The molecule has 6 aromatic heterocycles. The lowest BCUT2D eigenvalue weighted by Gasteiger charge is -2.19. The number of fused-ring (bicyclic) bond motifs is 10. The van der Waals surface area contributed by atoms with Gasteiger partial charge in [0.25, 0.3) is 5.70 Å². The summed E-state index contributed by atoms with van der Waals surface area (Å²) in [5, 5.41) is 49.7. The van der Waals surface area contributed by atoms with Crippen molar-refractivity contribution in [3.05, 3.63) is 177 Å². The second kappa shape index (κ2) is 18.9. The summed E-state index contributed by atoms with van der Waals surface area (Å²) in [5.74, 6) is -0.310. The van der Waals surface area contributed by atoms with Crippen molar-refractivity contribution in [3.8, 4) is 86.2 Å². The molecular formula is C63H26N12O3S7. The lowest BCUT2D eigenvalue weighted by molar-refractivity contribution is 0.103. The quantitative estimate of drug-likeness (QED) is 0.0869. The Hall–Kier alpha value is -10.2. The highest BCUT2D eigenvalue weighted by atomic mass is 32.1. The Kier molecular flexibility index (Phi) is 11.8. The van der Waals surface area contributed by atoms with Gasteiger partial charge in [0.2, 0.25) is 11.4 Å². The summed E-state index contributed by atoms with van der Waals surface area (Å²) in [7, 11) is 1.58. The molecule has 3 aromatic carbocycles. The number of rotatable bonds is 6. The maximum Gasteiger partial charge on any atom is 0.270 e. The molecule has 22 heteroatoms. The van der Waals surface area contributed by atoms with Gasteiger partial charge in [0, 0.05) is 99.3 Å². The Bertz CT molecular complexity index is 5350. The van der Waals surface area contributed by atoms with Crippen molar-refractivity contribution < 1.29 is 14.3 Å². The van der Waals surface area contributed by atoms with Gasteiger partial charge in [-0.1, -0.05) is 27.7 Å². The topological polar surface area (TPSA) is 226 Å². The first-order valence-electron chi connectivity index (χ1n) is 25.2. The van der Waals surface area contributed by atoms with E-state index in [0.717, 1.165) is 106 Å². The summed E-state index contributed by atoms with van der Waals surface area (Å²) in [6.45, 7) is 31.8. The number of Topliss-reactive ketones (excluding diaryl/α,β-unsaturated/α-hetero) is 2. The summed E-state index contributed by atoms with van der Waals surface area (Å²) in [6, 6.07) is 25.9. The van der Waals surface area contributed by atoms with Crippen LogP contribution < -0.4 is 4.74 Å². The van der Waals surface area contributed by atoms with Crippen molar-refractivity contribution >= 4 is 148 Å². The second-order valence-electron chi connectivity index (χ2n) is 20.9. The fourth-order valence-electron chi connectivity index (χ4n) is 11.8. The van der Waals surface area contributed by atoms with Crippen LogP contribution in [-0.4, -0.2) is 27.4 Å². The SMILES string of the molecule is [C-]#[N+]/C(C#N)=C1/C(=C/c2cc(OC)c(-c3cc4c(s3)-c3sc(-c5c6c(c(-c7cc8c(s7)-c7sc(/C=C9\C(=O)c%10cc([N+]#[C-])c(C#N)cc%10C9=C(C#N)C#N)cc7C8(C)C)c7nsnc57)N=S=N6)cc3C4(C)C)s2)C(=O)c2cc(C#N)c([N+]#[C-])cc21. The third kappa shape index (κ3) is 7.34. The second-order valence-corrected chi connectivity index (χ2v) is 27.3. The Morgan fingerprint density at radius 2 is 1.02 bits per heavy atom. The van der Waals surface area contributed by atoms with E-state index in [4.69, 9.17) is 41.9 Å². The molecule has 1 aliphatic heterocycles. The molecular weight excluding hydrogens is 1200 g/mol. The van der Waals surface area contributed by atoms with Gasteiger partial charge in [-0.15, -0.1) is 56.7 Å². The van der Waals surface area contributed by atoms with Gasteiger partial charge in [-0.3, -0.25) is 9.59 Å². The number of hydrogen-bond donors (Lipinski definition) is 0. The molecule has 85 heavy (non-hydrogen) atoms. The highest BCUT2D eigenvalue weighted by Gasteiger charge is 2.44. The Labute approximate surface area is 511 Å². The average molecular weight is 1220 g/mol. The third-order valence-corrected chi connectivity index (χ3v) is 23.1. The van der Waals surface area contributed by atoms with E-state index in [1.54, 1.807) is 53.3 Å². The van der Waals surface area contributed by atoms with Crippen molar-refractivity contribution in [2.75, 3.05) is 7.11 Å². The van der Waals surface area contributed by atoms with Gasteiger partial charge in [-0.25, -0.2) is 19.8 Å². The first-order valence-corrected chi connectivity index (χ1v) is 30.8. The van der Waals surface area contributed by atoms with Crippen LogP contribution in [0.5, 0.6) is 5.75 Å². The van der Waals surface area contributed by atoms with E-state index in [-0.39, 0.29) is 78.3 Å². The number of methoxy groups -OCH3 is 1. The summed E-state index contributed by atoms with van der Waals surface area (Å²) < 4.78 is 25.8. The van der Waals surface area contributed by atoms with Gasteiger partial charge in [0.05, 0.1) is 84.1 Å². The molecule has 15 nitrogen and oxygen atoms in total. The molecule has 0 unspecified atom stereocenters. The molecule has 0 atom stereocenters. The minimum Gasteiger partial charge on any atom is -0.495 e. The van der Waals surface area contributed by atoms with Crippen LogP contribution in [0, 0.1) is 76.4 Å². The molecule has 0 fully saturated rings. The van der Waals surface area contributed by atoms with Crippen LogP contribution in [-0.2, 0) is 22.2 Å². The van der Waals surface area contributed by atoms with E-state index in [0.29, 0.717) is 21.8 Å². The normalized spacial score (nSPS) is 16.2. The van der Waals surface area contributed by atoms with E-state index in [1.807, 2.05) is 42.5 Å². The molecule has 4 aliphatic carbocycles. The predicted molar refractivity (Wildman–Crippen MR) is 333 cm³/mol. The molecule has 9 aromatic rings. The zero-order valence-corrected chi connectivity index (χ0v) is 50.0. The fraction of sp³-hybridized carbons (Fsp3) is 0.111. The molecule has 14 rings (SSSR count). The van der Waals surface area contributed by atoms with Crippen LogP contribution in [0.4, 0.5) is 22.7 Å². The highest BCUT2D eigenvalue weighted by molar-refractivity contribution is 7.58. The average Bonchev–Trinajstić information content (AvgIpc) is 1.68. The first-order chi connectivity index (χ1) is 41.0. The molecule has 0 N–H and O–H groups in total. The van der Waals surface area contributed by atoms with Crippen molar-refractivity contribution in [2.24, 2.45) is 8.73 Å². The van der Waals surface area contributed by atoms with Crippen LogP contribution in [0.15, 0.2) is 85.7 Å². The van der Waals surface area contributed by atoms with Gasteiger partial charge >= 0.3 is 0 Å². The molecule has 0 radical (unpaired) electrons. The third-order valence-electron chi connectivity index (χ3n) is 15.9. The number of nitrogens with zero attached hydrogens (tertiary/aromatic N) is 12. The monoisotopic (exact) mass is 1220 g/mol. The fourth-order valence-corrected chi connectivity index (χ4v) is 19.8. The number of thiophene rings is 5. The van der Waals surface area contributed by atoms with E-state index in [9.17, 15) is 35.9 Å². The van der Waals surface area contributed by atoms with Gasteiger partial charge in [-0.05, 0) is 100 Å². The standard InChI is InChI=1S/C63H26N12O3S7/c1-62(2)36-13-28(11-34-47(27(22-66)23-67)30-9-25(20-64)41(70-6)16-33(30)56(34)77)79-57(36)58-37(62)17-44(81-58)49-51-53(74-84-72-51)50(54-52(49)73-85-75-54)45-18-38-59(82-45)60-39(63(38,3)4)19-46(83-60)61-43(78-8)14-29(80-61)12-35-48(42(24-68)71-7)31-15-40(69-5)26(21-65)10-32(31)55(35)76/h9-19H,1-4,8H3/b34-11-,35-12-,48-42+. The Balaban J connectivity index is 0.819. The minimum atomic E-state index is -0.466. The number of carbonyl (C=O) groups excluding carboxylic acids is 2. The molecule has 0 saturated carbocycles. The Morgan fingerprint density at radius 1 is 0.565 bits per heavy atom. The lowest BCUT2D eigenvalue weighted by Crippen LogP contribution is -2.13. The molecule has 398 valence electrons. The van der Waals surface area contributed by atoms with Crippen molar-refractivity contribution in [3.63, 3.8) is 0 Å². The number of ketones is 2. The van der Waals surface area contributed by atoms with Crippen LogP contribution in [0.1, 0.15) is 103 Å². The largest absolute Gasteiger partial charge is 0.495 e. The maximum absolute atomic E-state index is 14.1. The molecule has 7 heterocycles. The number of aromatic nitrogens is 2. The summed E-state index contributed by atoms with van der Waals surface area (Å²) in [4.78, 5) is 48.0. The Morgan fingerprint density at radius 3 is 1.54 bits per heavy atom. The van der Waals surface area contributed by atoms with E-state index >= 15 is 0 Å². The number of carbonyl (C=O) groups is 2. The number of ether oxygens (including phenoxy) is 1.